The molecule has 2 aliphatic rings. The van der Waals surface area contributed by atoms with E-state index in [-0.39, 0.29) is 0 Å². The van der Waals surface area contributed by atoms with Gasteiger partial charge < -0.3 is 18.9 Å². The first-order chi connectivity index (χ1) is 19.6. The molecular formula is C27H38N10O4. The Hall–Kier alpha value is -4.10. The van der Waals surface area contributed by atoms with Crippen LogP contribution in [0.3, 0.4) is 0 Å². The molecule has 220 valence electrons. The number of nitrogens with one attached hydrogen (secondary N) is 2. The van der Waals surface area contributed by atoms with Crippen molar-refractivity contribution in [1.29, 1.82) is 0 Å². The molecule has 0 bridgehead atoms. The molecule has 2 aliphatic heterocycles. The van der Waals surface area contributed by atoms with Crippen LogP contribution >= 0.6 is 0 Å². The number of rotatable bonds is 6. The molecule has 0 spiro atoms. The molecule has 41 heavy (non-hydrogen) atoms. The molecule has 0 radical (unpaired) electrons. The van der Waals surface area contributed by atoms with E-state index >= 15 is 0 Å². The Morgan fingerprint density at radius 3 is 1.51 bits per heavy atom. The van der Waals surface area contributed by atoms with E-state index in [1.807, 2.05) is 9.13 Å². The lowest BCUT2D eigenvalue weighted by Gasteiger charge is -2.32. The van der Waals surface area contributed by atoms with Gasteiger partial charge in [-0.15, -0.1) is 0 Å². The Labute approximate surface area is 235 Å². The van der Waals surface area contributed by atoms with Gasteiger partial charge in [-0.3, -0.25) is 28.7 Å². The van der Waals surface area contributed by atoms with Crippen molar-refractivity contribution < 1.29 is 0 Å². The highest BCUT2D eigenvalue weighted by molar-refractivity contribution is 5.75. The van der Waals surface area contributed by atoms with E-state index in [1.54, 1.807) is 14.1 Å². The summed E-state index contributed by atoms with van der Waals surface area (Å²) >= 11 is 0. The summed E-state index contributed by atoms with van der Waals surface area (Å²) in [5.41, 5.74) is -0.489. The number of aromatic nitrogens is 8. The number of aromatic amines is 2. The van der Waals surface area contributed by atoms with E-state index in [4.69, 9.17) is 9.97 Å². The maximum absolute atomic E-state index is 13.1. The van der Waals surface area contributed by atoms with Gasteiger partial charge in [-0.1, -0.05) is 13.8 Å². The van der Waals surface area contributed by atoms with Crippen LogP contribution in [0.15, 0.2) is 19.2 Å². The molecule has 2 N–H and O–H groups in total. The van der Waals surface area contributed by atoms with Crippen molar-refractivity contribution in [3.8, 4) is 0 Å². The third kappa shape index (κ3) is 4.68. The highest BCUT2D eigenvalue weighted by atomic mass is 16.2. The fraction of sp³-hybridized carbons (Fsp3) is 0.630. The molecule has 4 aromatic heterocycles. The third-order valence-electron chi connectivity index (χ3n) is 8.62. The quantitative estimate of drug-likeness (QED) is 0.347. The summed E-state index contributed by atoms with van der Waals surface area (Å²) < 4.78 is 6.58. The minimum Gasteiger partial charge on any atom is -0.342 e. The predicted octanol–water partition coefficient (Wildman–Crippen LogP) is 0.723. The number of H-pyrrole nitrogens is 2. The molecule has 2 saturated heterocycles. The summed E-state index contributed by atoms with van der Waals surface area (Å²) in [5.74, 6) is 2.34. The number of hydrogen-bond acceptors (Lipinski definition) is 8. The minimum absolute atomic E-state index is 0.356. The Morgan fingerprint density at radius 2 is 1.12 bits per heavy atom. The molecule has 0 unspecified atom stereocenters. The zero-order valence-electron chi connectivity index (χ0n) is 24.1. The van der Waals surface area contributed by atoms with Crippen LogP contribution in [0.4, 0.5) is 11.9 Å². The van der Waals surface area contributed by atoms with Gasteiger partial charge in [-0.25, -0.2) is 9.59 Å². The van der Waals surface area contributed by atoms with Crippen molar-refractivity contribution in [1.82, 2.24) is 38.2 Å². The lowest BCUT2D eigenvalue weighted by Crippen LogP contribution is -2.36. The Balaban J connectivity index is 1.41. The zero-order valence-corrected chi connectivity index (χ0v) is 24.1. The molecule has 4 aromatic rings. The van der Waals surface area contributed by atoms with Crippen LogP contribution in [0.5, 0.6) is 0 Å². The van der Waals surface area contributed by atoms with Crippen molar-refractivity contribution in [3.05, 3.63) is 41.7 Å². The number of fused-ring (bicyclic) bond motifs is 2. The van der Waals surface area contributed by atoms with Crippen molar-refractivity contribution in [2.75, 3.05) is 36.0 Å². The SMILES string of the molecule is C[C@@H]1CCCN(c2nc3c(c(=O)[nH]c(=O)n3C)n2CCCn2c(N3CCC[C@@H](C)C3)nc3c2c(=O)[nH]c(=O)n3C)C1. The van der Waals surface area contributed by atoms with E-state index in [0.29, 0.717) is 65.6 Å². The zero-order chi connectivity index (χ0) is 29.0. The number of hydrogen-bond donors (Lipinski definition) is 2. The first-order valence-corrected chi connectivity index (χ1v) is 14.5. The predicted molar refractivity (Wildman–Crippen MR) is 157 cm³/mol. The monoisotopic (exact) mass is 566 g/mol. The average Bonchev–Trinajstić information content (AvgIpc) is 3.51. The Bertz CT molecular complexity index is 1720. The van der Waals surface area contributed by atoms with Gasteiger partial charge in [0.05, 0.1) is 0 Å². The summed E-state index contributed by atoms with van der Waals surface area (Å²) in [6.45, 7) is 8.59. The number of imidazole rings is 2. The van der Waals surface area contributed by atoms with Crippen molar-refractivity contribution in [2.45, 2.75) is 59.0 Å². The van der Waals surface area contributed by atoms with Gasteiger partial charge in [-0.2, -0.15) is 9.97 Å². The summed E-state index contributed by atoms with van der Waals surface area (Å²) in [4.78, 5) is 69.7. The number of nitrogens with zero attached hydrogens (tertiary/aromatic N) is 8. The summed E-state index contributed by atoms with van der Waals surface area (Å²) in [7, 11) is 3.22. The van der Waals surface area contributed by atoms with Crippen molar-refractivity contribution in [2.24, 2.45) is 25.9 Å². The van der Waals surface area contributed by atoms with Crippen LogP contribution in [0.1, 0.15) is 46.0 Å². The van der Waals surface area contributed by atoms with Crippen molar-refractivity contribution >= 4 is 34.2 Å². The van der Waals surface area contributed by atoms with E-state index in [1.165, 1.54) is 9.13 Å². The molecular weight excluding hydrogens is 528 g/mol. The highest BCUT2D eigenvalue weighted by Gasteiger charge is 2.27. The van der Waals surface area contributed by atoms with Gasteiger partial charge in [0.25, 0.3) is 11.1 Å². The second kappa shape index (κ2) is 10.4. The first-order valence-electron chi connectivity index (χ1n) is 14.5. The molecule has 14 heteroatoms. The van der Waals surface area contributed by atoms with Gasteiger partial charge in [0.2, 0.25) is 11.9 Å². The van der Waals surface area contributed by atoms with E-state index in [0.717, 1.165) is 51.9 Å². The van der Waals surface area contributed by atoms with Gasteiger partial charge in [0.15, 0.2) is 22.3 Å². The normalized spacial score (nSPS) is 20.0. The second-order valence-corrected chi connectivity index (χ2v) is 11.8. The lowest BCUT2D eigenvalue weighted by atomic mass is 10.0. The van der Waals surface area contributed by atoms with E-state index < -0.39 is 22.5 Å². The Morgan fingerprint density at radius 1 is 0.707 bits per heavy atom. The molecule has 0 amide bonds. The molecule has 6 heterocycles. The molecule has 14 nitrogen and oxygen atoms in total. The third-order valence-corrected chi connectivity index (χ3v) is 8.62. The van der Waals surface area contributed by atoms with Crippen LogP contribution in [-0.2, 0) is 27.2 Å². The smallest absolute Gasteiger partial charge is 0.329 e. The first kappa shape index (κ1) is 27.1. The molecule has 2 fully saturated rings. The average molecular weight is 567 g/mol. The van der Waals surface area contributed by atoms with Crippen LogP contribution < -0.4 is 32.3 Å². The van der Waals surface area contributed by atoms with Crippen molar-refractivity contribution in [3.63, 3.8) is 0 Å². The molecule has 0 saturated carbocycles. The van der Waals surface area contributed by atoms with Crippen LogP contribution in [-0.4, -0.2) is 64.4 Å². The maximum atomic E-state index is 13.1. The highest BCUT2D eigenvalue weighted by Crippen LogP contribution is 2.28. The number of anilines is 2. The fourth-order valence-electron chi connectivity index (χ4n) is 6.48. The minimum atomic E-state index is -0.499. The van der Waals surface area contributed by atoms with Gasteiger partial charge in [-0.05, 0) is 43.9 Å². The fourth-order valence-corrected chi connectivity index (χ4v) is 6.48. The maximum Gasteiger partial charge on any atom is 0.329 e. The number of piperidine rings is 2. The van der Waals surface area contributed by atoms with Crippen LogP contribution in [0, 0.1) is 11.8 Å². The Kier molecular flexibility index (Phi) is 6.86. The van der Waals surface area contributed by atoms with E-state index in [2.05, 4.69) is 33.6 Å². The number of aryl methyl sites for hydroxylation is 4. The van der Waals surface area contributed by atoms with Crippen LogP contribution in [0.25, 0.3) is 22.3 Å². The van der Waals surface area contributed by atoms with Gasteiger partial charge >= 0.3 is 11.4 Å². The molecule has 2 atom stereocenters. The van der Waals surface area contributed by atoms with Gasteiger partial charge in [0.1, 0.15) is 0 Å². The lowest BCUT2D eigenvalue weighted by molar-refractivity contribution is 0.433. The van der Waals surface area contributed by atoms with Gasteiger partial charge in [0, 0.05) is 53.4 Å². The molecule has 6 rings (SSSR count). The summed E-state index contributed by atoms with van der Waals surface area (Å²) in [5, 5.41) is 0. The van der Waals surface area contributed by atoms with E-state index in [9.17, 15) is 19.2 Å². The summed E-state index contributed by atoms with van der Waals surface area (Å²) in [6.07, 6.45) is 4.89. The van der Waals surface area contributed by atoms with Crippen LogP contribution in [0.2, 0.25) is 0 Å². The second-order valence-electron chi connectivity index (χ2n) is 11.8. The molecule has 0 aliphatic carbocycles. The standard InChI is InChI=1S/C27H38N10O4/c1-16-8-5-10-34(14-16)24-28-20-18(22(38)30-26(40)32(20)3)36(24)12-7-13-37-19-21(33(4)27(41)31-23(19)39)29-25(37)35-11-6-9-17(2)15-35/h16-17H,5-15H2,1-4H3,(H,30,38,40)(H,31,39,41)/t16-,17-/m1/s1. The summed E-state index contributed by atoms with van der Waals surface area (Å²) in [6, 6.07) is 0. The molecule has 0 aromatic carbocycles. The topological polar surface area (TPSA) is 152 Å². The largest absolute Gasteiger partial charge is 0.342 e.